The highest BCUT2D eigenvalue weighted by molar-refractivity contribution is 7.99. The summed E-state index contributed by atoms with van der Waals surface area (Å²) in [6.45, 7) is 2.98. The van der Waals surface area contributed by atoms with Crippen molar-refractivity contribution in [2.24, 2.45) is 11.7 Å². The molecule has 0 saturated heterocycles. The molecule has 2 N–H and O–H groups in total. The third-order valence-corrected chi connectivity index (χ3v) is 6.19. The fraction of sp³-hybridized carbons (Fsp3) is 0.692. The molecule has 1 atom stereocenters. The first kappa shape index (κ1) is 12.5. The third kappa shape index (κ3) is 3.02. The van der Waals surface area contributed by atoms with E-state index in [0.29, 0.717) is 5.25 Å². The Morgan fingerprint density at radius 2 is 2.25 bits per heavy atom. The monoisotopic (exact) mass is 255 g/mol. The molecule has 90 valence electrons. The van der Waals surface area contributed by atoms with Crippen molar-refractivity contribution in [3.05, 3.63) is 21.9 Å². The Balaban J connectivity index is 1.88. The highest BCUT2D eigenvalue weighted by atomic mass is 32.2. The summed E-state index contributed by atoms with van der Waals surface area (Å²) in [4.78, 5) is 1.49. The number of nitrogens with two attached hydrogens (primary N) is 1. The van der Waals surface area contributed by atoms with Crippen LogP contribution < -0.4 is 5.73 Å². The van der Waals surface area contributed by atoms with Gasteiger partial charge in [-0.1, -0.05) is 12.8 Å². The van der Waals surface area contributed by atoms with Gasteiger partial charge in [-0.05, 0) is 48.4 Å². The minimum atomic E-state index is 0.528. The molecule has 1 nitrogen and oxygen atoms in total. The van der Waals surface area contributed by atoms with Gasteiger partial charge in [-0.2, -0.15) is 11.8 Å². The number of aryl methyl sites for hydroxylation is 1. The molecule has 0 aromatic carbocycles. The second-order valence-corrected chi connectivity index (χ2v) is 6.86. The van der Waals surface area contributed by atoms with Gasteiger partial charge < -0.3 is 5.73 Å². The second-order valence-electron chi connectivity index (χ2n) is 4.68. The maximum Gasteiger partial charge on any atom is 0.0516 e. The maximum atomic E-state index is 5.90. The smallest absolute Gasteiger partial charge is 0.0516 e. The van der Waals surface area contributed by atoms with E-state index in [0.717, 1.165) is 12.5 Å². The van der Waals surface area contributed by atoms with E-state index in [9.17, 15) is 0 Å². The standard InChI is InChI=1S/C13H21NS2/c1-10-6-7-15-13(10)12(8-14)16-9-11-4-2-3-5-11/h6-7,11-12H,2-5,8-9,14H2,1H3. The third-order valence-electron chi connectivity index (χ3n) is 3.42. The van der Waals surface area contributed by atoms with Gasteiger partial charge in [-0.25, -0.2) is 0 Å². The molecule has 3 heteroatoms. The molecule has 1 aliphatic carbocycles. The van der Waals surface area contributed by atoms with Crippen LogP contribution in [-0.4, -0.2) is 12.3 Å². The van der Waals surface area contributed by atoms with Crippen LogP contribution in [0.4, 0.5) is 0 Å². The van der Waals surface area contributed by atoms with Gasteiger partial charge >= 0.3 is 0 Å². The van der Waals surface area contributed by atoms with Crippen LogP contribution in [0.3, 0.4) is 0 Å². The Bertz CT molecular complexity index is 315. The number of hydrogen-bond acceptors (Lipinski definition) is 3. The van der Waals surface area contributed by atoms with Crippen molar-refractivity contribution in [1.82, 2.24) is 0 Å². The van der Waals surface area contributed by atoms with Gasteiger partial charge in [0.2, 0.25) is 0 Å². The molecule has 2 rings (SSSR count). The fourth-order valence-corrected chi connectivity index (χ4v) is 5.00. The maximum absolute atomic E-state index is 5.90. The van der Waals surface area contributed by atoms with E-state index in [1.54, 1.807) is 0 Å². The molecule has 1 fully saturated rings. The van der Waals surface area contributed by atoms with E-state index in [2.05, 4.69) is 30.1 Å². The van der Waals surface area contributed by atoms with E-state index < -0.39 is 0 Å². The minimum Gasteiger partial charge on any atom is -0.329 e. The van der Waals surface area contributed by atoms with Crippen molar-refractivity contribution >= 4 is 23.1 Å². The molecule has 1 aliphatic rings. The first-order valence-corrected chi connectivity index (χ1v) is 8.09. The SMILES string of the molecule is Cc1ccsc1C(CN)SCC1CCCC1. The van der Waals surface area contributed by atoms with Crippen molar-refractivity contribution in [3.8, 4) is 0 Å². The van der Waals surface area contributed by atoms with Crippen LogP contribution in [0.25, 0.3) is 0 Å². The lowest BCUT2D eigenvalue weighted by Gasteiger charge is -2.16. The van der Waals surface area contributed by atoms with Gasteiger partial charge in [0, 0.05) is 11.4 Å². The van der Waals surface area contributed by atoms with Crippen LogP contribution >= 0.6 is 23.1 Å². The molecule has 0 bridgehead atoms. The Morgan fingerprint density at radius 3 is 2.81 bits per heavy atom. The van der Waals surface area contributed by atoms with Crippen LogP contribution in [0, 0.1) is 12.8 Å². The van der Waals surface area contributed by atoms with E-state index in [-0.39, 0.29) is 0 Å². The summed E-state index contributed by atoms with van der Waals surface area (Å²) in [5, 5.41) is 2.71. The predicted octanol–water partition coefficient (Wildman–Crippen LogP) is 3.98. The molecule has 0 spiro atoms. The van der Waals surface area contributed by atoms with Gasteiger partial charge in [0.1, 0.15) is 0 Å². The second kappa shape index (κ2) is 6.08. The average Bonchev–Trinajstić information content (AvgIpc) is 2.92. The van der Waals surface area contributed by atoms with Gasteiger partial charge in [0.05, 0.1) is 5.25 Å². The summed E-state index contributed by atoms with van der Waals surface area (Å²) >= 11 is 3.94. The Hall–Kier alpha value is 0.01000. The Morgan fingerprint density at radius 1 is 1.50 bits per heavy atom. The molecule has 1 saturated carbocycles. The van der Waals surface area contributed by atoms with Crippen LogP contribution in [0.1, 0.15) is 41.4 Å². The first-order valence-electron chi connectivity index (χ1n) is 6.17. The molecule has 16 heavy (non-hydrogen) atoms. The summed E-state index contributed by atoms with van der Waals surface area (Å²) in [5.41, 5.74) is 7.32. The largest absolute Gasteiger partial charge is 0.329 e. The van der Waals surface area contributed by atoms with Crippen molar-refractivity contribution in [3.63, 3.8) is 0 Å². The molecule has 1 unspecified atom stereocenters. The highest BCUT2D eigenvalue weighted by Gasteiger charge is 2.19. The summed E-state index contributed by atoms with van der Waals surface area (Å²) in [6.07, 6.45) is 5.76. The van der Waals surface area contributed by atoms with Crippen molar-refractivity contribution in [2.45, 2.75) is 37.9 Å². The van der Waals surface area contributed by atoms with Crippen LogP contribution in [0.5, 0.6) is 0 Å². The van der Waals surface area contributed by atoms with Crippen LogP contribution in [0.2, 0.25) is 0 Å². The first-order chi connectivity index (χ1) is 7.81. The normalized spacial score (nSPS) is 19.1. The average molecular weight is 255 g/mol. The Labute approximate surface area is 107 Å². The fourth-order valence-electron chi connectivity index (χ4n) is 2.39. The number of thiophene rings is 1. The molecular weight excluding hydrogens is 234 g/mol. The van der Waals surface area contributed by atoms with Gasteiger partial charge in [-0.15, -0.1) is 11.3 Å². The van der Waals surface area contributed by atoms with Gasteiger partial charge in [0.15, 0.2) is 0 Å². The van der Waals surface area contributed by atoms with E-state index >= 15 is 0 Å². The summed E-state index contributed by atoms with van der Waals surface area (Å²) in [6, 6.07) is 2.21. The molecule has 1 aromatic rings. The highest BCUT2D eigenvalue weighted by Crippen LogP contribution is 2.37. The zero-order valence-corrected chi connectivity index (χ0v) is 11.6. The van der Waals surface area contributed by atoms with Crippen LogP contribution in [-0.2, 0) is 0 Å². The lowest BCUT2D eigenvalue weighted by atomic mass is 10.1. The zero-order chi connectivity index (χ0) is 11.4. The predicted molar refractivity (Wildman–Crippen MR) is 75.3 cm³/mol. The molecule has 0 amide bonds. The molecule has 1 heterocycles. The van der Waals surface area contributed by atoms with E-state index in [1.807, 2.05) is 11.3 Å². The molecular formula is C13H21NS2. The van der Waals surface area contributed by atoms with Crippen molar-refractivity contribution in [1.29, 1.82) is 0 Å². The summed E-state index contributed by atoms with van der Waals surface area (Å²) < 4.78 is 0. The quantitative estimate of drug-likeness (QED) is 0.861. The van der Waals surface area contributed by atoms with Gasteiger partial charge in [-0.3, -0.25) is 0 Å². The molecule has 1 aromatic heterocycles. The number of thioether (sulfide) groups is 1. The molecule has 0 aliphatic heterocycles. The van der Waals surface area contributed by atoms with E-state index in [4.69, 9.17) is 5.73 Å². The number of hydrogen-bond donors (Lipinski definition) is 1. The van der Waals surface area contributed by atoms with Crippen LogP contribution in [0.15, 0.2) is 11.4 Å². The van der Waals surface area contributed by atoms with Gasteiger partial charge in [0.25, 0.3) is 0 Å². The number of rotatable bonds is 5. The molecule has 0 radical (unpaired) electrons. The summed E-state index contributed by atoms with van der Waals surface area (Å²) in [5.74, 6) is 2.26. The van der Waals surface area contributed by atoms with Crippen molar-refractivity contribution < 1.29 is 0 Å². The lowest BCUT2D eigenvalue weighted by molar-refractivity contribution is 0.622. The van der Waals surface area contributed by atoms with Crippen molar-refractivity contribution in [2.75, 3.05) is 12.3 Å². The minimum absolute atomic E-state index is 0.528. The van der Waals surface area contributed by atoms with E-state index in [1.165, 1.54) is 41.9 Å². The summed E-state index contributed by atoms with van der Waals surface area (Å²) in [7, 11) is 0. The Kier molecular flexibility index (Phi) is 4.74. The topological polar surface area (TPSA) is 26.0 Å². The zero-order valence-electron chi connectivity index (χ0n) is 9.95. The lowest BCUT2D eigenvalue weighted by Crippen LogP contribution is -2.11.